The Morgan fingerprint density at radius 1 is 0.741 bits per heavy atom. The minimum atomic E-state index is -1.14. The Labute approximate surface area is 155 Å². The van der Waals surface area contributed by atoms with Crippen molar-refractivity contribution >= 4 is 17.9 Å². The molecular weight excluding hydrogens is 356 g/mol. The van der Waals surface area contributed by atoms with Crippen LogP contribution in [-0.2, 0) is 33.3 Å². The molecule has 144 valence electrons. The molecule has 0 N–H and O–H groups in total. The predicted octanol–water partition coefficient (Wildman–Crippen LogP) is 1.25. The molecule has 3 fully saturated rings. The van der Waals surface area contributed by atoms with E-state index in [1.165, 1.54) is 6.08 Å². The average Bonchev–Trinajstić information content (AvgIpc) is 3.22. The molecule has 8 heteroatoms. The van der Waals surface area contributed by atoms with Gasteiger partial charge in [0.15, 0.2) is 5.79 Å². The van der Waals surface area contributed by atoms with E-state index in [1.54, 1.807) is 0 Å². The number of hydrogen-bond donors (Lipinski definition) is 0. The first kappa shape index (κ1) is 17.6. The Bertz CT molecular complexity index is 754. The summed E-state index contributed by atoms with van der Waals surface area (Å²) >= 11 is 0. The molecule has 1 saturated heterocycles. The summed E-state index contributed by atoms with van der Waals surface area (Å²) in [6.07, 6.45) is 8.79. The van der Waals surface area contributed by atoms with Crippen LogP contribution >= 0.6 is 0 Å². The van der Waals surface area contributed by atoms with E-state index in [9.17, 15) is 19.5 Å². The van der Waals surface area contributed by atoms with Crippen LogP contribution < -0.4 is 5.11 Å². The SMILES string of the molecule is O=C1OC2(CCCC2)OC(=O)C1=CC=CC1=C([O-])OC2(CCCC2)OC1=O. The standard InChI is InChI=1S/C19H20O8/c20-14-12(15(21)25-18(24-14)8-1-2-9-18)6-5-7-13-16(22)26-19(27-17(13)23)10-3-4-11-19/h5-7,20H,1-4,8-11H2/p-1. The molecule has 0 amide bonds. The number of esters is 3. The Hall–Kier alpha value is -2.77. The first-order valence-corrected chi connectivity index (χ1v) is 9.11. The van der Waals surface area contributed by atoms with Crippen LogP contribution in [0.2, 0.25) is 0 Å². The van der Waals surface area contributed by atoms with Gasteiger partial charge in [-0.3, -0.25) is 0 Å². The van der Waals surface area contributed by atoms with Crippen LogP contribution in [0.25, 0.3) is 0 Å². The molecule has 2 aliphatic heterocycles. The van der Waals surface area contributed by atoms with Crippen molar-refractivity contribution in [3.8, 4) is 0 Å². The Morgan fingerprint density at radius 2 is 1.22 bits per heavy atom. The lowest BCUT2D eigenvalue weighted by atomic mass is 10.1. The van der Waals surface area contributed by atoms with E-state index >= 15 is 0 Å². The van der Waals surface area contributed by atoms with Crippen molar-refractivity contribution in [2.24, 2.45) is 0 Å². The van der Waals surface area contributed by atoms with E-state index in [-0.39, 0.29) is 11.1 Å². The molecule has 27 heavy (non-hydrogen) atoms. The molecule has 4 aliphatic rings. The van der Waals surface area contributed by atoms with E-state index in [0.717, 1.165) is 37.8 Å². The second-order valence-corrected chi connectivity index (χ2v) is 7.15. The number of carbonyl (C=O) groups is 3. The molecule has 0 radical (unpaired) electrons. The van der Waals surface area contributed by atoms with Crippen molar-refractivity contribution in [3.05, 3.63) is 35.3 Å². The van der Waals surface area contributed by atoms with Crippen molar-refractivity contribution in [2.75, 3.05) is 0 Å². The van der Waals surface area contributed by atoms with Gasteiger partial charge in [-0.15, -0.1) is 0 Å². The fourth-order valence-electron chi connectivity index (χ4n) is 3.85. The molecule has 2 aliphatic carbocycles. The monoisotopic (exact) mass is 375 g/mol. The minimum absolute atomic E-state index is 0.297. The fraction of sp³-hybridized carbons (Fsp3) is 0.526. The van der Waals surface area contributed by atoms with Crippen molar-refractivity contribution in [2.45, 2.75) is 62.9 Å². The summed E-state index contributed by atoms with van der Waals surface area (Å²) in [4.78, 5) is 36.4. The molecule has 2 heterocycles. The van der Waals surface area contributed by atoms with Gasteiger partial charge in [0.05, 0.1) is 11.5 Å². The molecule has 8 nitrogen and oxygen atoms in total. The van der Waals surface area contributed by atoms with Crippen molar-refractivity contribution < 1.29 is 38.4 Å². The third-order valence-electron chi connectivity index (χ3n) is 5.25. The van der Waals surface area contributed by atoms with Crippen LogP contribution in [0.4, 0.5) is 0 Å². The van der Waals surface area contributed by atoms with Crippen LogP contribution in [0.5, 0.6) is 0 Å². The van der Waals surface area contributed by atoms with E-state index in [2.05, 4.69) is 0 Å². The average molecular weight is 375 g/mol. The van der Waals surface area contributed by atoms with Gasteiger partial charge in [-0.05, 0) is 50.7 Å². The fourth-order valence-corrected chi connectivity index (χ4v) is 3.85. The van der Waals surface area contributed by atoms with E-state index in [1.807, 2.05) is 0 Å². The van der Waals surface area contributed by atoms with Gasteiger partial charge in [-0.1, -0.05) is 6.08 Å². The summed E-state index contributed by atoms with van der Waals surface area (Å²) in [6, 6.07) is 0. The molecule has 2 spiro atoms. The quantitative estimate of drug-likeness (QED) is 0.403. The molecule has 0 aromatic carbocycles. The van der Waals surface area contributed by atoms with E-state index < -0.39 is 35.4 Å². The third-order valence-corrected chi connectivity index (χ3v) is 5.25. The Kier molecular flexibility index (Phi) is 4.20. The van der Waals surface area contributed by atoms with Crippen LogP contribution in [0.1, 0.15) is 51.4 Å². The van der Waals surface area contributed by atoms with Gasteiger partial charge < -0.3 is 24.1 Å². The molecule has 0 bridgehead atoms. The predicted molar refractivity (Wildman–Crippen MR) is 86.0 cm³/mol. The third kappa shape index (κ3) is 3.20. The van der Waals surface area contributed by atoms with Crippen LogP contribution in [0, 0.1) is 0 Å². The van der Waals surface area contributed by atoms with Crippen LogP contribution in [-0.4, -0.2) is 29.5 Å². The highest BCUT2D eigenvalue weighted by atomic mass is 16.8. The molecular formula is C19H19O8-. The number of hydrogen-bond acceptors (Lipinski definition) is 8. The molecule has 4 rings (SSSR count). The summed E-state index contributed by atoms with van der Waals surface area (Å²) in [5, 5.41) is 12.1. The second kappa shape index (κ2) is 6.44. The molecule has 0 atom stereocenters. The Balaban J connectivity index is 1.49. The number of rotatable bonds is 2. The maximum atomic E-state index is 12.1. The first-order valence-electron chi connectivity index (χ1n) is 9.11. The van der Waals surface area contributed by atoms with E-state index in [0.29, 0.717) is 25.7 Å². The second-order valence-electron chi connectivity index (χ2n) is 7.15. The maximum absolute atomic E-state index is 12.1. The maximum Gasteiger partial charge on any atom is 0.348 e. The van der Waals surface area contributed by atoms with E-state index in [4.69, 9.17) is 18.9 Å². The van der Waals surface area contributed by atoms with Gasteiger partial charge in [0.25, 0.3) is 5.79 Å². The highest BCUT2D eigenvalue weighted by Crippen LogP contribution is 2.40. The minimum Gasteiger partial charge on any atom is -0.574 e. The zero-order chi connectivity index (χ0) is 19.1. The molecule has 0 unspecified atom stereocenters. The highest BCUT2D eigenvalue weighted by molar-refractivity contribution is 6.15. The topological polar surface area (TPSA) is 111 Å². The normalized spacial score (nSPS) is 26.4. The van der Waals surface area contributed by atoms with Gasteiger partial charge in [0.1, 0.15) is 5.57 Å². The molecule has 0 aromatic heterocycles. The lowest BCUT2D eigenvalue weighted by Crippen LogP contribution is -2.44. The van der Waals surface area contributed by atoms with Gasteiger partial charge in [-0.25, -0.2) is 14.4 Å². The summed E-state index contributed by atoms with van der Waals surface area (Å²) in [7, 11) is 0. The molecule has 2 saturated carbocycles. The van der Waals surface area contributed by atoms with Crippen LogP contribution in [0.3, 0.4) is 0 Å². The number of allylic oxidation sites excluding steroid dienone is 2. The van der Waals surface area contributed by atoms with Gasteiger partial charge >= 0.3 is 17.9 Å². The first-order chi connectivity index (χ1) is 12.9. The zero-order valence-electron chi connectivity index (χ0n) is 14.7. The van der Waals surface area contributed by atoms with Gasteiger partial charge in [0, 0.05) is 12.8 Å². The van der Waals surface area contributed by atoms with Crippen molar-refractivity contribution in [3.63, 3.8) is 0 Å². The molecule has 0 aromatic rings. The largest absolute Gasteiger partial charge is 0.574 e. The lowest BCUT2D eigenvalue weighted by molar-refractivity contribution is -0.397. The van der Waals surface area contributed by atoms with Gasteiger partial charge in [-0.2, -0.15) is 0 Å². The lowest BCUT2D eigenvalue weighted by Gasteiger charge is -2.41. The van der Waals surface area contributed by atoms with Crippen molar-refractivity contribution in [1.29, 1.82) is 0 Å². The van der Waals surface area contributed by atoms with Crippen molar-refractivity contribution in [1.82, 2.24) is 0 Å². The number of ether oxygens (including phenoxy) is 4. The summed E-state index contributed by atoms with van der Waals surface area (Å²) in [5.74, 6) is -5.39. The number of carbonyl (C=O) groups excluding carboxylic acids is 3. The highest BCUT2D eigenvalue weighted by Gasteiger charge is 2.47. The zero-order valence-corrected chi connectivity index (χ0v) is 14.7. The van der Waals surface area contributed by atoms with Gasteiger partial charge in [0.2, 0.25) is 0 Å². The summed E-state index contributed by atoms with van der Waals surface area (Å²) in [5.41, 5.74) is -0.594. The Morgan fingerprint density at radius 3 is 1.74 bits per heavy atom. The summed E-state index contributed by atoms with van der Waals surface area (Å²) < 4.78 is 21.2. The smallest absolute Gasteiger partial charge is 0.348 e. The summed E-state index contributed by atoms with van der Waals surface area (Å²) in [6.45, 7) is 0. The van der Waals surface area contributed by atoms with Crippen LogP contribution in [0.15, 0.2) is 35.3 Å².